The summed E-state index contributed by atoms with van der Waals surface area (Å²) in [4.78, 5) is 2.31. The van der Waals surface area contributed by atoms with Gasteiger partial charge in [-0.2, -0.15) is 0 Å². The molecule has 0 aliphatic rings. The van der Waals surface area contributed by atoms with Gasteiger partial charge in [-0.15, -0.1) is 0 Å². The average molecular weight is 278 g/mol. The van der Waals surface area contributed by atoms with Gasteiger partial charge in [-0.1, -0.05) is 31.2 Å². The Balaban J connectivity index is 2.36. The van der Waals surface area contributed by atoms with Crippen molar-refractivity contribution in [3.05, 3.63) is 35.4 Å². The molecule has 1 aromatic carbocycles. The smallest absolute Gasteiger partial charge is 0.0596 e. The molecule has 1 aromatic rings. The molecule has 0 amide bonds. The third-order valence-corrected chi connectivity index (χ3v) is 3.12. The molecule has 0 aliphatic carbocycles. The maximum atomic E-state index is 5.59. The second-order valence-electron chi connectivity index (χ2n) is 5.65. The summed E-state index contributed by atoms with van der Waals surface area (Å²) in [5.41, 5.74) is 2.73. The van der Waals surface area contributed by atoms with Gasteiger partial charge < -0.3 is 10.1 Å². The quantitative estimate of drug-likeness (QED) is 0.666. The SMILES string of the molecule is CCCNCc1cccc(CN(C)CCOC(C)C)c1. The largest absolute Gasteiger partial charge is 0.377 e. The van der Waals surface area contributed by atoms with Crippen molar-refractivity contribution in [2.75, 3.05) is 26.7 Å². The lowest BCUT2D eigenvalue weighted by Gasteiger charge is -2.18. The Labute approximate surface area is 124 Å². The standard InChI is InChI=1S/C17H30N2O/c1-5-9-18-13-16-7-6-8-17(12-16)14-19(4)10-11-20-15(2)3/h6-8,12,15,18H,5,9-11,13-14H2,1-4H3. The highest BCUT2D eigenvalue weighted by Gasteiger charge is 2.02. The van der Waals surface area contributed by atoms with E-state index in [2.05, 4.69) is 62.3 Å². The predicted molar refractivity (Wildman–Crippen MR) is 85.9 cm³/mol. The van der Waals surface area contributed by atoms with Crippen LogP contribution in [-0.4, -0.2) is 37.7 Å². The second kappa shape index (κ2) is 9.92. The fourth-order valence-corrected chi connectivity index (χ4v) is 2.08. The van der Waals surface area contributed by atoms with Gasteiger partial charge in [0.2, 0.25) is 0 Å². The van der Waals surface area contributed by atoms with E-state index in [0.29, 0.717) is 6.10 Å². The summed E-state index contributed by atoms with van der Waals surface area (Å²) >= 11 is 0. The van der Waals surface area contributed by atoms with E-state index in [9.17, 15) is 0 Å². The third kappa shape index (κ3) is 7.63. The van der Waals surface area contributed by atoms with Crippen molar-refractivity contribution in [3.63, 3.8) is 0 Å². The zero-order valence-electron chi connectivity index (χ0n) is 13.5. The van der Waals surface area contributed by atoms with E-state index >= 15 is 0 Å². The van der Waals surface area contributed by atoms with Crippen molar-refractivity contribution in [1.82, 2.24) is 10.2 Å². The summed E-state index contributed by atoms with van der Waals surface area (Å²) < 4.78 is 5.59. The molecule has 0 saturated heterocycles. The molecular weight excluding hydrogens is 248 g/mol. The van der Waals surface area contributed by atoms with Gasteiger partial charge in [0.25, 0.3) is 0 Å². The maximum absolute atomic E-state index is 5.59. The lowest BCUT2D eigenvalue weighted by molar-refractivity contribution is 0.0627. The van der Waals surface area contributed by atoms with Crippen molar-refractivity contribution in [2.24, 2.45) is 0 Å². The number of likely N-dealkylation sites (N-methyl/N-ethyl adjacent to an activating group) is 1. The lowest BCUT2D eigenvalue weighted by Crippen LogP contribution is -2.24. The van der Waals surface area contributed by atoms with Crippen LogP contribution in [0.15, 0.2) is 24.3 Å². The molecule has 0 unspecified atom stereocenters. The van der Waals surface area contributed by atoms with E-state index in [1.54, 1.807) is 0 Å². The van der Waals surface area contributed by atoms with Crippen molar-refractivity contribution >= 4 is 0 Å². The first-order chi connectivity index (χ1) is 9.61. The minimum atomic E-state index is 0.316. The highest BCUT2D eigenvalue weighted by Crippen LogP contribution is 2.07. The van der Waals surface area contributed by atoms with E-state index in [1.165, 1.54) is 17.5 Å². The van der Waals surface area contributed by atoms with Crippen LogP contribution in [0.3, 0.4) is 0 Å². The normalized spacial score (nSPS) is 11.5. The van der Waals surface area contributed by atoms with Crippen LogP contribution in [0.5, 0.6) is 0 Å². The van der Waals surface area contributed by atoms with E-state index in [1.807, 2.05) is 0 Å². The predicted octanol–water partition coefficient (Wildman–Crippen LogP) is 3.04. The number of nitrogens with one attached hydrogen (secondary N) is 1. The van der Waals surface area contributed by atoms with Gasteiger partial charge in [-0.05, 0) is 45.0 Å². The van der Waals surface area contributed by atoms with E-state index in [4.69, 9.17) is 4.74 Å². The molecular formula is C17H30N2O. The first kappa shape index (κ1) is 17.2. The van der Waals surface area contributed by atoms with Gasteiger partial charge in [0.15, 0.2) is 0 Å². The maximum Gasteiger partial charge on any atom is 0.0596 e. The van der Waals surface area contributed by atoms with Gasteiger partial charge in [-0.25, -0.2) is 0 Å². The Morgan fingerprint density at radius 1 is 1.25 bits per heavy atom. The average Bonchev–Trinajstić information content (AvgIpc) is 2.39. The molecule has 1 rings (SSSR count). The highest BCUT2D eigenvalue weighted by atomic mass is 16.5. The molecule has 0 fully saturated rings. The Hall–Kier alpha value is -0.900. The van der Waals surface area contributed by atoms with Crippen LogP contribution in [0, 0.1) is 0 Å². The molecule has 20 heavy (non-hydrogen) atoms. The van der Waals surface area contributed by atoms with Crippen LogP contribution in [0.4, 0.5) is 0 Å². The summed E-state index contributed by atoms with van der Waals surface area (Å²) in [6.45, 7) is 11.1. The number of benzene rings is 1. The van der Waals surface area contributed by atoms with Crippen molar-refractivity contribution in [3.8, 4) is 0 Å². The number of rotatable bonds is 10. The zero-order chi connectivity index (χ0) is 14.8. The van der Waals surface area contributed by atoms with Crippen LogP contribution in [0.1, 0.15) is 38.3 Å². The van der Waals surface area contributed by atoms with Crippen LogP contribution in [-0.2, 0) is 17.8 Å². The summed E-state index contributed by atoms with van der Waals surface area (Å²) in [5.74, 6) is 0. The van der Waals surface area contributed by atoms with Gasteiger partial charge in [-0.3, -0.25) is 4.90 Å². The zero-order valence-corrected chi connectivity index (χ0v) is 13.5. The summed E-state index contributed by atoms with van der Waals surface area (Å²) in [5, 5.41) is 3.45. The van der Waals surface area contributed by atoms with E-state index in [-0.39, 0.29) is 0 Å². The molecule has 0 spiro atoms. The molecule has 114 valence electrons. The fraction of sp³-hybridized carbons (Fsp3) is 0.647. The Morgan fingerprint density at radius 2 is 2.00 bits per heavy atom. The van der Waals surface area contributed by atoms with Gasteiger partial charge in [0.1, 0.15) is 0 Å². The fourth-order valence-electron chi connectivity index (χ4n) is 2.08. The van der Waals surface area contributed by atoms with Crippen LogP contribution in [0.25, 0.3) is 0 Å². The molecule has 0 saturated carbocycles. The molecule has 3 nitrogen and oxygen atoms in total. The number of hydrogen-bond donors (Lipinski definition) is 1. The Morgan fingerprint density at radius 3 is 2.70 bits per heavy atom. The Kier molecular flexibility index (Phi) is 8.51. The van der Waals surface area contributed by atoms with Crippen molar-refractivity contribution < 1.29 is 4.74 Å². The van der Waals surface area contributed by atoms with Crippen LogP contribution < -0.4 is 5.32 Å². The lowest BCUT2D eigenvalue weighted by atomic mass is 10.1. The molecule has 0 aromatic heterocycles. The molecule has 0 radical (unpaired) electrons. The van der Waals surface area contributed by atoms with Gasteiger partial charge >= 0.3 is 0 Å². The number of ether oxygens (including phenoxy) is 1. The molecule has 0 aliphatic heterocycles. The topological polar surface area (TPSA) is 24.5 Å². The molecule has 0 atom stereocenters. The minimum absolute atomic E-state index is 0.316. The summed E-state index contributed by atoms with van der Waals surface area (Å²) in [6, 6.07) is 8.83. The first-order valence-electron chi connectivity index (χ1n) is 7.70. The van der Waals surface area contributed by atoms with Crippen molar-refractivity contribution in [1.29, 1.82) is 0 Å². The second-order valence-corrected chi connectivity index (χ2v) is 5.65. The molecule has 0 heterocycles. The minimum Gasteiger partial charge on any atom is -0.377 e. The molecule has 3 heteroatoms. The molecule has 0 bridgehead atoms. The van der Waals surface area contributed by atoms with Crippen molar-refractivity contribution in [2.45, 2.75) is 46.4 Å². The Bertz CT molecular complexity index is 366. The van der Waals surface area contributed by atoms with E-state index in [0.717, 1.165) is 32.8 Å². The van der Waals surface area contributed by atoms with Crippen LogP contribution >= 0.6 is 0 Å². The van der Waals surface area contributed by atoms with Gasteiger partial charge in [0.05, 0.1) is 12.7 Å². The first-order valence-corrected chi connectivity index (χ1v) is 7.70. The molecule has 1 N–H and O–H groups in total. The monoisotopic (exact) mass is 278 g/mol. The highest BCUT2D eigenvalue weighted by molar-refractivity contribution is 5.23. The van der Waals surface area contributed by atoms with Gasteiger partial charge in [0, 0.05) is 19.6 Å². The summed E-state index contributed by atoms with van der Waals surface area (Å²) in [6.07, 6.45) is 1.49. The number of nitrogens with zero attached hydrogens (tertiary/aromatic N) is 1. The van der Waals surface area contributed by atoms with Crippen LogP contribution in [0.2, 0.25) is 0 Å². The number of hydrogen-bond acceptors (Lipinski definition) is 3. The third-order valence-electron chi connectivity index (χ3n) is 3.12. The van der Waals surface area contributed by atoms with E-state index < -0.39 is 0 Å². The summed E-state index contributed by atoms with van der Waals surface area (Å²) in [7, 11) is 2.14.